The van der Waals surface area contributed by atoms with Crippen molar-refractivity contribution < 1.29 is 14.6 Å². The first kappa shape index (κ1) is 14.4. The van der Waals surface area contributed by atoms with Gasteiger partial charge in [-0.25, -0.2) is 0 Å². The third-order valence-electron chi connectivity index (χ3n) is 4.38. The van der Waals surface area contributed by atoms with Gasteiger partial charge in [0.15, 0.2) is 0 Å². The van der Waals surface area contributed by atoms with Crippen molar-refractivity contribution in [2.75, 3.05) is 19.7 Å². The fraction of sp³-hybridized carbons (Fsp3) is 0.588. The molecule has 2 fully saturated rings. The van der Waals surface area contributed by atoms with Crippen LogP contribution in [0.15, 0.2) is 24.3 Å². The minimum atomic E-state index is -0.926. The van der Waals surface area contributed by atoms with Gasteiger partial charge in [-0.2, -0.15) is 0 Å². The third kappa shape index (κ3) is 3.38. The van der Waals surface area contributed by atoms with Crippen LogP contribution in [0.2, 0.25) is 0 Å². The van der Waals surface area contributed by atoms with E-state index in [1.54, 1.807) is 0 Å². The predicted molar refractivity (Wildman–Crippen MR) is 80.2 cm³/mol. The summed E-state index contributed by atoms with van der Waals surface area (Å²) in [4.78, 5) is 14.0. The largest absolute Gasteiger partial charge is 0.490 e. The molecule has 1 aromatic rings. The van der Waals surface area contributed by atoms with Crippen LogP contribution in [-0.2, 0) is 4.79 Å². The number of ether oxygens (including phenoxy) is 1. The summed E-state index contributed by atoms with van der Waals surface area (Å²) in [5.41, 5.74) is 0.133. The van der Waals surface area contributed by atoms with Crippen LogP contribution in [0.1, 0.15) is 31.2 Å². The van der Waals surface area contributed by atoms with Crippen molar-refractivity contribution in [2.45, 2.75) is 38.2 Å². The minimum Gasteiger partial charge on any atom is -0.490 e. The SMILES string of the molecule is Cc1ccccc1OC[C@@]1(O)CCCN(C(=O)C2CC2)C1. The second kappa shape index (κ2) is 5.68. The molecule has 4 heteroatoms. The highest BCUT2D eigenvalue weighted by molar-refractivity contribution is 5.81. The Morgan fingerprint density at radius 3 is 2.90 bits per heavy atom. The number of aryl methyl sites for hydroxylation is 1. The van der Waals surface area contributed by atoms with Gasteiger partial charge in [-0.1, -0.05) is 18.2 Å². The lowest BCUT2D eigenvalue weighted by Gasteiger charge is -2.39. The van der Waals surface area contributed by atoms with Crippen molar-refractivity contribution in [1.82, 2.24) is 4.90 Å². The van der Waals surface area contributed by atoms with Crippen molar-refractivity contribution in [1.29, 1.82) is 0 Å². The molecule has 1 aromatic carbocycles. The van der Waals surface area contributed by atoms with Gasteiger partial charge in [-0.05, 0) is 44.2 Å². The molecule has 1 saturated heterocycles. The summed E-state index contributed by atoms with van der Waals surface area (Å²) < 4.78 is 5.80. The normalized spacial score (nSPS) is 25.7. The summed E-state index contributed by atoms with van der Waals surface area (Å²) in [5, 5.41) is 10.7. The molecule has 1 atom stereocenters. The Hall–Kier alpha value is -1.55. The number of rotatable bonds is 4. The molecule has 2 aliphatic rings. The van der Waals surface area contributed by atoms with Crippen molar-refractivity contribution >= 4 is 5.91 Å². The van der Waals surface area contributed by atoms with Crippen LogP contribution in [0.3, 0.4) is 0 Å². The molecule has 0 bridgehead atoms. The molecule has 1 heterocycles. The zero-order valence-electron chi connectivity index (χ0n) is 12.5. The Kier molecular flexibility index (Phi) is 3.89. The van der Waals surface area contributed by atoms with E-state index in [1.165, 1.54) is 0 Å². The Labute approximate surface area is 125 Å². The molecular formula is C17H23NO3. The average Bonchev–Trinajstić information content (AvgIpc) is 3.30. The van der Waals surface area contributed by atoms with E-state index < -0.39 is 5.60 Å². The molecule has 0 aromatic heterocycles. The zero-order chi connectivity index (χ0) is 14.9. The standard InChI is InChI=1S/C17H23NO3/c1-13-5-2-3-6-15(13)21-12-17(20)9-4-10-18(11-17)16(19)14-7-8-14/h2-3,5-6,14,20H,4,7-12H2,1H3/t17-/m1/s1. The van der Waals surface area contributed by atoms with Crippen LogP contribution < -0.4 is 4.74 Å². The molecule has 0 radical (unpaired) electrons. The Morgan fingerprint density at radius 2 is 2.19 bits per heavy atom. The number of nitrogens with zero attached hydrogens (tertiary/aromatic N) is 1. The summed E-state index contributed by atoms with van der Waals surface area (Å²) in [6, 6.07) is 7.79. The van der Waals surface area contributed by atoms with E-state index >= 15 is 0 Å². The highest BCUT2D eigenvalue weighted by Gasteiger charge is 2.40. The van der Waals surface area contributed by atoms with Gasteiger partial charge in [-0.3, -0.25) is 4.79 Å². The number of likely N-dealkylation sites (tertiary alicyclic amines) is 1. The molecule has 114 valence electrons. The molecule has 4 nitrogen and oxygen atoms in total. The molecule has 0 unspecified atom stereocenters. The summed E-state index contributed by atoms with van der Waals surface area (Å²) in [7, 11) is 0. The number of hydrogen-bond donors (Lipinski definition) is 1. The van der Waals surface area contributed by atoms with E-state index in [9.17, 15) is 9.90 Å². The monoisotopic (exact) mass is 289 g/mol. The van der Waals surface area contributed by atoms with Crippen LogP contribution >= 0.6 is 0 Å². The molecule has 0 spiro atoms. The van der Waals surface area contributed by atoms with Gasteiger partial charge in [0.1, 0.15) is 18.0 Å². The maximum absolute atomic E-state index is 12.2. The number of β-amino-alcohol motifs (C(OH)–C–C–N with tert-alkyl or cyclic N) is 1. The molecule has 1 N–H and O–H groups in total. The molecular weight excluding hydrogens is 266 g/mol. The van der Waals surface area contributed by atoms with Gasteiger partial charge in [-0.15, -0.1) is 0 Å². The van der Waals surface area contributed by atoms with E-state index in [0.717, 1.165) is 37.1 Å². The van der Waals surface area contributed by atoms with Gasteiger partial charge in [0.05, 0.1) is 6.54 Å². The minimum absolute atomic E-state index is 0.212. The number of hydrogen-bond acceptors (Lipinski definition) is 3. The maximum Gasteiger partial charge on any atom is 0.225 e. The number of carbonyl (C=O) groups excluding carboxylic acids is 1. The lowest BCUT2D eigenvalue weighted by molar-refractivity contribution is -0.141. The Balaban J connectivity index is 1.60. The van der Waals surface area contributed by atoms with Crippen LogP contribution in [0, 0.1) is 12.8 Å². The zero-order valence-corrected chi connectivity index (χ0v) is 12.5. The van der Waals surface area contributed by atoms with E-state index in [1.807, 2.05) is 36.1 Å². The van der Waals surface area contributed by atoms with Crippen molar-refractivity contribution in [3.05, 3.63) is 29.8 Å². The Bertz CT molecular complexity index is 527. The summed E-state index contributed by atoms with van der Waals surface area (Å²) in [6.45, 7) is 3.39. The van der Waals surface area contributed by atoms with Crippen LogP contribution in [0.25, 0.3) is 0 Å². The lowest BCUT2D eigenvalue weighted by Crippen LogP contribution is -2.53. The quantitative estimate of drug-likeness (QED) is 0.924. The molecule has 3 rings (SSSR count). The van der Waals surface area contributed by atoms with Gasteiger partial charge in [0.25, 0.3) is 0 Å². The average molecular weight is 289 g/mol. The highest BCUT2D eigenvalue weighted by atomic mass is 16.5. The summed E-state index contributed by atoms with van der Waals surface area (Å²) >= 11 is 0. The van der Waals surface area contributed by atoms with Crippen LogP contribution in [0.5, 0.6) is 5.75 Å². The summed E-state index contributed by atoms with van der Waals surface area (Å²) in [5.74, 6) is 1.23. The van der Waals surface area contributed by atoms with Gasteiger partial charge >= 0.3 is 0 Å². The number of carbonyl (C=O) groups is 1. The number of benzene rings is 1. The molecule has 1 aliphatic heterocycles. The number of aliphatic hydroxyl groups is 1. The lowest BCUT2D eigenvalue weighted by atomic mass is 9.93. The molecule has 21 heavy (non-hydrogen) atoms. The van der Waals surface area contributed by atoms with Crippen LogP contribution in [-0.4, -0.2) is 41.2 Å². The van der Waals surface area contributed by atoms with Gasteiger partial charge < -0.3 is 14.7 Å². The second-order valence-electron chi connectivity index (χ2n) is 6.42. The fourth-order valence-electron chi connectivity index (χ4n) is 2.94. The van der Waals surface area contributed by atoms with Crippen molar-refractivity contribution in [3.63, 3.8) is 0 Å². The first-order valence-electron chi connectivity index (χ1n) is 7.77. The second-order valence-corrected chi connectivity index (χ2v) is 6.42. The first-order valence-corrected chi connectivity index (χ1v) is 7.77. The number of piperidine rings is 1. The topological polar surface area (TPSA) is 49.8 Å². The van der Waals surface area contributed by atoms with Gasteiger partial charge in [0, 0.05) is 12.5 Å². The van der Waals surface area contributed by atoms with E-state index in [-0.39, 0.29) is 18.4 Å². The van der Waals surface area contributed by atoms with E-state index in [4.69, 9.17) is 4.74 Å². The van der Waals surface area contributed by atoms with Crippen molar-refractivity contribution in [2.24, 2.45) is 5.92 Å². The maximum atomic E-state index is 12.2. The number of para-hydroxylation sites is 1. The number of amides is 1. The molecule has 1 aliphatic carbocycles. The van der Waals surface area contributed by atoms with E-state index in [0.29, 0.717) is 13.0 Å². The highest BCUT2D eigenvalue weighted by Crippen LogP contribution is 2.33. The van der Waals surface area contributed by atoms with E-state index in [2.05, 4.69) is 0 Å². The first-order chi connectivity index (χ1) is 10.1. The summed E-state index contributed by atoms with van der Waals surface area (Å²) in [6.07, 6.45) is 3.54. The van der Waals surface area contributed by atoms with Gasteiger partial charge in [0.2, 0.25) is 5.91 Å². The Morgan fingerprint density at radius 1 is 1.43 bits per heavy atom. The fourth-order valence-corrected chi connectivity index (χ4v) is 2.94. The third-order valence-corrected chi connectivity index (χ3v) is 4.38. The predicted octanol–water partition coefficient (Wildman–Crippen LogP) is 2.14. The van der Waals surface area contributed by atoms with Crippen molar-refractivity contribution in [3.8, 4) is 5.75 Å². The smallest absolute Gasteiger partial charge is 0.225 e. The molecule has 1 amide bonds. The van der Waals surface area contributed by atoms with Crippen LogP contribution in [0.4, 0.5) is 0 Å². The molecule has 1 saturated carbocycles.